The number of aliphatic hydroxyl groups is 1. The molecule has 0 saturated heterocycles. The standard InChI is InChI=1S/C15H24I2O4/c1-8-4-10(2-3-13(8)18)21-15-11(16)5-9(6-12(15)17)7-14(19)20/h8-13,15,18H,2-7H2,1H3,(H,19,20). The van der Waals surface area contributed by atoms with Crippen LogP contribution in [0.1, 0.15) is 45.4 Å². The third-order valence-corrected chi connectivity index (χ3v) is 7.15. The van der Waals surface area contributed by atoms with Gasteiger partial charge in [0, 0.05) is 14.3 Å². The van der Waals surface area contributed by atoms with Gasteiger partial charge in [-0.15, -0.1) is 0 Å². The molecule has 0 spiro atoms. The minimum atomic E-state index is -0.693. The molecule has 0 aromatic rings. The summed E-state index contributed by atoms with van der Waals surface area (Å²) in [5, 5.41) is 18.8. The number of alkyl halides is 2. The maximum absolute atomic E-state index is 10.9. The fourth-order valence-corrected chi connectivity index (χ4v) is 7.06. The first-order valence-electron chi connectivity index (χ1n) is 7.70. The highest BCUT2D eigenvalue weighted by Crippen LogP contribution is 2.39. The second-order valence-corrected chi connectivity index (χ2v) is 9.75. The normalized spacial score (nSPS) is 44.5. The van der Waals surface area contributed by atoms with Crippen molar-refractivity contribution in [3.63, 3.8) is 0 Å². The Hall–Kier alpha value is 0.850. The van der Waals surface area contributed by atoms with Crippen LogP contribution in [0.15, 0.2) is 0 Å². The van der Waals surface area contributed by atoms with Crippen molar-refractivity contribution in [3.8, 4) is 0 Å². The number of hydrogen-bond donors (Lipinski definition) is 2. The highest BCUT2D eigenvalue weighted by molar-refractivity contribution is 14.1. The van der Waals surface area contributed by atoms with Gasteiger partial charge in [0.25, 0.3) is 0 Å². The van der Waals surface area contributed by atoms with Crippen LogP contribution in [-0.4, -0.2) is 42.3 Å². The molecule has 0 aromatic carbocycles. The van der Waals surface area contributed by atoms with Crippen molar-refractivity contribution in [1.82, 2.24) is 0 Å². The van der Waals surface area contributed by atoms with E-state index in [4.69, 9.17) is 9.84 Å². The van der Waals surface area contributed by atoms with Crippen LogP contribution in [0.4, 0.5) is 0 Å². The van der Waals surface area contributed by atoms with E-state index >= 15 is 0 Å². The molecule has 0 heterocycles. The smallest absolute Gasteiger partial charge is 0.303 e. The zero-order chi connectivity index (χ0) is 15.6. The zero-order valence-corrected chi connectivity index (χ0v) is 16.6. The molecule has 0 amide bonds. The summed E-state index contributed by atoms with van der Waals surface area (Å²) in [6, 6.07) is 0. The topological polar surface area (TPSA) is 66.8 Å². The minimum Gasteiger partial charge on any atom is -0.481 e. The predicted molar refractivity (Wildman–Crippen MR) is 98.3 cm³/mol. The lowest BCUT2D eigenvalue weighted by Gasteiger charge is -2.40. The van der Waals surface area contributed by atoms with Gasteiger partial charge in [-0.3, -0.25) is 4.79 Å². The Labute approximate surface area is 153 Å². The molecule has 2 saturated carbocycles. The second-order valence-electron chi connectivity index (χ2n) is 6.55. The monoisotopic (exact) mass is 522 g/mol. The van der Waals surface area contributed by atoms with E-state index < -0.39 is 5.97 Å². The number of ether oxygens (including phenoxy) is 1. The molecule has 2 aliphatic carbocycles. The van der Waals surface area contributed by atoms with Crippen molar-refractivity contribution in [3.05, 3.63) is 0 Å². The fourth-order valence-electron chi connectivity index (χ4n) is 3.49. The van der Waals surface area contributed by atoms with E-state index in [1.807, 2.05) is 0 Å². The Kier molecular flexibility index (Phi) is 7.02. The average molecular weight is 522 g/mol. The number of carboxylic acids is 1. The number of aliphatic hydroxyl groups excluding tert-OH is 1. The molecule has 5 atom stereocenters. The Balaban J connectivity index is 1.87. The first-order valence-corrected chi connectivity index (χ1v) is 10.2. The van der Waals surface area contributed by atoms with Gasteiger partial charge in [-0.25, -0.2) is 0 Å². The molecule has 2 fully saturated rings. The Morgan fingerprint density at radius 3 is 2.33 bits per heavy atom. The summed E-state index contributed by atoms with van der Waals surface area (Å²) < 4.78 is 7.11. The Morgan fingerprint density at radius 1 is 1.19 bits per heavy atom. The molecule has 5 unspecified atom stereocenters. The van der Waals surface area contributed by atoms with Crippen molar-refractivity contribution in [2.75, 3.05) is 0 Å². The van der Waals surface area contributed by atoms with Gasteiger partial charge in [0.2, 0.25) is 0 Å². The highest BCUT2D eigenvalue weighted by Gasteiger charge is 2.39. The van der Waals surface area contributed by atoms with Gasteiger partial charge in [-0.05, 0) is 43.9 Å². The molecule has 21 heavy (non-hydrogen) atoms. The van der Waals surface area contributed by atoms with E-state index in [2.05, 4.69) is 52.1 Å². The van der Waals surface area contributed by atoms with Crippen LogP contribution in [0.3, 0.4) is 0 Å². The number of halogens is 2. The maximum Gasteiger partial charge on any atom is 0.303 e. The van der Waals surface area contributed by atoms with E-state index in [1.165, 1.54) is 0 Å². The zero-order valence-electron chi connectivity index (χ0n) is 12.3. The second kappa shape index (κ2) is 8.10. The predicted octanol–water partition coefficient (Wildman–Crippen LogP) is 3.41. The van der Waals surface area contributed by atoms with Crippen molar-refractivity contribution >= 4 is 51.2 Å². The van der Waals surface area contributed by atoms with Crippen LogP contribution in [0.2, 0.25) is 0 Å². The van der Waals surface area contributed by atoms with Crippen LogP contribution in [0.5, 0.6) is 0 Å². The lowest BCUT2D eigenvalue weighted by molar-refractivity contribution is -0.138. The number of hydrogen-bond acceptors (Lipinski definition) is 3. The van der Waals surface area contributed by atoms with Gasteiger partial charge in [0.15, 0.2) is 0 Å². The third kappa shape index (κ3) is 5.17. The highest BCUT2D eigenvalue weighted by atomic mass is 127. The number of aliphatic carboxylic acids is 1. The molecular weight excluding hydrogens is 498 g/mol. The summed E-state index contributed by atoms with van der Waals surface area (Å²) in [6.45, 7) is 2.09. The molecule has 2 rings (SSSR count). The van der Waals surface area contributed by atoms with Crippen molar-refractivity contribution in [2.45, 2.75) is 71.6 Å². The van der Waals surface area contributed by atoms with Crippen molar-refractivity contribution in [1.29, 1.82) is 0 Å². The van der Waals surface area contributed by atoms with Gasteiger partial charge in [0.05, 0.1) is 18.3 Å². The number of rotatable bonds is 4. The van der Waals surface area contributed by atoms with Gasteiger partial charge in [-0.2, -0.15) is 0 Å². The van der Waals surface area contributed by atoms with E-state index in [0.717, 1.165) is 32.1 Å². The molecule has 2 N–H and O–H groups in total. The van der Waals surface area contributed by atoms with Crippen LogP contribution in [-0.2, 0) is 9.53 Å². The number of carboxylic acid groups (broad SMARTS) is 1. The summed E-state index contributed by atoms with van der Waals surface area (Å²) in [5.74, 6) is -0.104. The van der Waals surface area contributed by atoms with Crippen molar-refractivity contribution in [2.24, 2.45) is 11.8 Å². The quantitative estimate of drug-likeness (QED) is 0.439. The van der Waals surface area contributed by atoms with Crippen LogP contribution >= 0.6 is 45.2 Å². The summed E-state index contributed by atoms with van der Waals surface area (Å²) in [4.78, 5) is 10.9. The molecule has 0 radical (unpaired) electrons. The van der Waals surface area contributed by atoms with Gasteiger partial charge < -0.3 is 14.9 Å². The Morgan fingerprint density at radius 2 is 1.81 bits per heavy atom. The lowest BCUT2D eigenvalue weighted by Crippen LogP contribution is -2.44. The van der Waals surface area contributed by atoms with E-state index in [1.54, 1.807) is 0 Å². The van der Waals surface area contributed by atoms with Crippen molar-refractivity contribution < 1.29 is 19.7 Å². The first kappa shape index (κ1) is 18.2. The summed E-state index contributed by atoms with van der Waals surface area (Å²) in [7, 11) is 0. The Bertz CT molecular complexity index is 354. The summed E-state index contributed by atoms with van der Waals surface area (Å²) in [5.41, 5.74) is 0. The maximum atomic E-state index is 10.9. The van der Waals surface area contributed by atoms with E-state index in [9.17, 15) is 9.90 Å². The molecule has 4 nitrogen and oxygen atoms in total. The molecule has 0 aliphatic heterocycles. The minimum absolute atomic E-state index is 0.179. The average Bonchev–Trinajstić information content (AvgIpc) is 2.37. The molecule has 122 valence electrons. The van der Waals surface area contributed by atoms with Crippen LogP contribution < -0.4 is 0 Å². The van der Waals surface area contributed by atoms with Gasteiger partial charge >= 0.3 is 5.97 Å². The third-order valence-electron chi connectivity index (χ3n) is 4.72. The lowest BCUT2D eigenvalue weighted by atomic mass is 9.83. The molecule has 0 aromatic heterocycles. The molecular formula is C15H24I2O4. The van der Waals surface area contributed by atoms with Crippen LogP contribution in [0, 0.1) is 11.8 Å². The SMILES string of the molecule is CC1CC(OC2C(I)CC(CC(=O)O)CC2I)CCC1O. The fraction of sp³-hybridized carbons (Fsp3) is 0.933. The first-order chi connectivity index (χ1) is 9.86. The van der Waals surface area contributed by atoms with Crippen LogP contribution in [0.25, 0.3) is 0 Å². The molecule has 0 bridgehead atoms. The molecule has 2 aliphatic rings. The van der Waals surface area contributed by atoms with E-state index in [0.29, 0.717) is 13.8 Å². The van der Waals surface area contributed by atoms with Gasteiger partial charge in [-0.1, -0.05) is 52.1 Å². The molecule has 6 heteroatoms. The van der Waals surface area contributed by atoms with E-state index in [-0.39, 0.29) is 30.7 Å². The summed E-state index contributed by atoms with van der Waals surface area (Å²) in [6.07, 6.45) is 5.13. The number of carbonyl (C=O) groups is 1. The largest absolute Gasteiger partial charge is 0.481 e. The van der Waals surface area contributed by atoms with Gasteiger partial charge in [0.1, 0.15) is 0 Å². The summed E-state index contributed by atoms with van der Waals surface area (Å²) >= 11 is 4.86.